The Kier molecular flexibility index (Phi) is 4.84. The van der Waals surface area contributed by atoms with E-state index in [1.807, 2.05) is 17.7 Å². The summed E-state index contributed by atoms with van der Waals surface area (Å²) in [6.45, 7) is 8.66. The number of carbonyl (C=O) groups excluding carboxylic acids is 1. The van der Waals surface area contributed by atoms with Crippen molar-refractivity contribution < 1.29 is 9.90 Å². The average molecular weight is 320 g/mol. The number of rotatable bonds is 6. The second-order valence-electron chi connectivity index (χ2n) is 6.55. The maximum atomic E-state index is 11.1. The van der Waals surface area contributed by atoms with E-state index in [0.29, 0.717) is 24.6 Å². The first kappa shape index (κ1) is 17.1. The summed E-state index contributed by atoms with van der Waals surface area (Å²) < 4.78 is 3.60. The highest BCUT2D eigenvalue weighted by molar-refractivity contribution is 5.75. The number of aromatic nitrogens is 5. The minimum absolute atomic E-state index is 0.0121. The number of primary amides is 1. The van der Waals surface area contributed by atoms with Gasteiger partial charge in [-0.15, -0.1) is 0 Å². The van der Waals surface area contributed by atoms with Gasteiger partial charge in [0.1, 0.15) is 5.69 Å². The molecule has 2 rings (SSSR count). The van der Waals surface area contributed by atoms with Gasteiger partial charge in [-0.05, 0) is 40.2 Å². The molecule has 0 fully saturated rings. The number of hydrogen-bond donors (Lipinski definition) is 2. The zero-order chi connectivity index (χ0) is 17.2. The summed E-state index contributed by atoms with van der Waals surface area (Å²) in [7, 11) is 0. The third-order valence-corrected chi connectivity index (χ3v) is 3.27. The van der Waals surface area contributed by atoms with Gasteiger partial charge in [0.2, 0.25) is 5.91 Å². The van der Waals surface area contributed by atoms with E-state index < -0.39 is 5.91 Å². The molecule has 23 heavy (non-hydrogen) atoms. The third kappa shape index (κ3) is 3.95. The lowest BCUT2D eigenvalue weighted by Gasteiger charge is -2.22. The molecule has 0 saturated heterocycles. The number of aryl methyl sites for hydroxylation is 2. The van der Waals surface area contributed by atoms with Crippen molar-refractivity contribution in [2.75, 3.05) is 6.61 Å². The summed E-state index contributed by atoms with van der Waals surface area (Å²) in [6, 6.07) is 1.94. The number of nitrogens with zero attached hydrogens (tertiary/aromatic N) is 5. The largest absolute Gasteiger partial charge is 0.396 e. The van der Waals surface area contributed by atoms with Gasteiger partial charge < -0.3 is 10.8 Å². The summed E-state index contributed by atoms with van der Waals surface area (Å²) in [5.41, 5.74) is 6.73. The van der Waals surface area contributed by atoms with Crippen LogP contribution in [0.3, 0.4) is 0 Å². The standard InChI is InChI=1S/C15H24N6O2/c1-10-8-11(21(18-10)15(2,3)4)14-17-13(9-12(16)23)19-20(14)6-5-7-22/h8,22H,5-7,9H2,1-4H3,(H2,16,23). The molecule has 0 radical (unpaired) electrons. The zero-order valence-electron chi connectivity index (χ0n) is 14.1. The van der Waals surface area contributed by atoms with Crippen LogP contribution in [0, 0.1) is 6.92 Å². The van der Waals surface area contributed by atoms with Crippen LogP contribution in [0.4, 0.5) is 0 Å². The van der Waals surface area contributed by atoms with Gasteiger partial charge in [0.05, 0.1) is 17.7 Å². The minimum atomic E-state index is -0.476. The quantitative estimate of drug-likeness (QED) is 0.810. The molecule has 1 amide bonds. The van der Waals surface area contributed by atoms with Crippen LogP contribution in [0.15, 0.2) is 6.07 Å². The number of nitrogens with two attached hydrogens (primary N) is 1. The van der Waals surface area contributed by atoms with E-state index in [4.69, 9.17) is 10.8 Å². The van der Waals surface area contributed by atoms with Crippen molar-refractivity contribution >= 4 is 5.91 Å². The summed E-state index contributed by atoms with van der Waals surface area (Å²) in [5.74, 6) is 0.534. The molecule has 0 aliphatic rings. The predicted octanol–water partition coefficient (Wildman–Crippen LogP) is 0.615. The number of carbonyl (C=O) groups is 1. The molecule has 8 nitrogen and oxygen atoms in total. The molecule has 2 aromatic heterocycles. The SMILES string of the molecule is Cc1cc(-c2nc(CC(N)=O)nn2CCCO)n(C(C)(C)C)n1. The second kappa shape index (κ2) is 6.49. The number of aliphatic hydroxyl groups is 1. The molecule has 0 aromatic carbocycles. The molecule has 0 saturated carbocycles. The Morgan fingerprint density at radius 3 is 2.61 bits per heavy atom. The van der Waals surface area contributed by atoms with E-state index >= 15 is 0 Å². The Balaban J connectivity index is 2.52. The van der Waals surface area contributed by atoms with Gasteiger partial charge in [0, 0.05) is 13.2 Å². The highest BCUT2D eigenvalue weighted by Crippen LogP contribution is 2.25. The maximum absolute atomic E-state index is 11.1. The van der Waals surface area contributed by atoms with Crippen LogP contribution in [0.25, 0.3) is 11.5 Å². The average Bonchev–Trinajstić information content (AvgIpc) is 2.98. The van der Waals surface area contributed by atoms with Crippen molar-refractivity contribution in [2.24, 2.45) is 5.73 Å². The topological polar surface area (TPSA) is 112 Å². The predicted molar refractivity (Wildman–Crippen MR) is 85.6 cm³/mol. The Morgan fingerprint density at radius 1 is 1.35 bits per heavy atom. The van der Waals surface area contributed by atoms with Gasteiger partial charge in [0.25, 0.3) is 0 Å². The van der Waals surface area contributed by atoms with Gasteiger partial charge in [-0.25, -0.2) is 9.67 Å². The van der Waals surface area contributed by atoms with Crippen molar-refractivity contribution in [1.29, 1.82) is 0 Å². The first-order valence-electron chi connectivity index (χ1n) is 7.62. The van der Waals surface area contributed by atoms with Crippen LogP contribution < -0.4 is 5.73 Å². The van der Waals surface area contributed by atoms with E-state index in [1.54, 1.807) is 4.68 Å². The van der Waals surface area contributed by atoms with Crippen molar-refractivity contribution in [3.63, 3.8) is 0 Å². The Bertz CT molecular complexity index is 695. The molecule has 2 heterocycles. The van der Waals surface area contributed by atoms with Crippen LogP contribution in [-0.4, -0.2) is 42.2 Å². The van der Waals surface area contributed by atoms with E-state index in [9.17, 15) is 4.79 Å². The number of aliphatic hydroxyl groups excluding tert-OH is 1. The fraction of sp³-hybridized carbons (Fsp3) is 0.600. The van der Waals surface area contributed by atoms with Crippen LogP contribution in [0.2, 0.25) is 0 Å². The summed E-state index contributed by atoms with van der Waals surface area (Å²) in [5, 5.41) is 18.0. The minimum Gasteiger partial charge on any atom is -0.396 e. The molecule has 8 heteroatoms. The molecular weight excluding hydrogens is 296 g/mol. The van der Waals surface area contributed by atoms with E-state index in [-0.39, 0.29) is 18.6 Å². The fourth-order valence-electron chi connectivity index (χ4n) is 2.36. The molecular formula is C15H24N6O2. The van der Waals surface area contributed by atoms with Gasteiger partial charge in [-0.2, -0.15) is 10.2 Å². The lowest BCUT2D eigenvalue weighted by atomic mass is 10.1. The molecule has 0 aliphatic heterocycles. The van der Waals surface area contributed by atoms with Gasteiger partial charge in [0.15, 0.2) is 11.6 Å². The molecule has 3 N–H and O–H groups in total. The summed E-state index contributed by atoms with van der Waals surface area (Å²) in [4.78, 5) is 15.6. The third-order valence-electron chi connectivity index (χ3n) is 3.27. The van der Waals surface area contributed by atoms with Gasteiger partial charge >= 0.3 is 0 Å². The first-order valence-corrected chi connectivity index (χ1v) is 7.62. The van der Waals surface area contributed by atoms with Crippen molar-refractivity contribution in [1.82, 2.24) is 24.5 Å². The molecule has 2 aromatic rings. The maximum Gasteiger partial charge on any atom is 0.225 e. The number of hydrogen-bond acceptors (Lipinski definition) is 5. The fourth-order valence-corrected chi connectivity index (χ4v) is 2.36. The lowest BCUT2D eigenvalue weighted by Crippen LogP contribution is -2.25. The lowest BCUT2D eigenvalue weighted by molar-refractivity contribution is -0.117. The first-order chi connectivity index (χ1) is 10.7. The molecule has 0 atom stereocenters. The smallest absolute Gasteiger partial charge is 0.225 e. The highest BCUT2D eigenvalue weighted by atomic mass is 16.3. The molecule has 0 aliphatic carbocycles. The van der Waals surface area contributed by atoms with Gasteiger partial charge in [-0.3, -0.25) is 9.48 Å². The van der Waals surface area contributed by atoms with Crippen molar-refractivity contribution in [3.05, 3.63) is 17.6 Å². The van der Waals surface area contributed by atoms with Crippen LogP contribution in [-0.2, 0) is 23.3 Å². The number of amides is 1. The summed E-state index contributed by atoms with van der Waals surface area (Å²) in [6.07, 6.45) is 0.538. The monoisotopic (exact) mass is 320 g/mol. The van der Waals surface area contributed by atoms with Crippen LogP contribution in [0.5, 0.6) is 0 Å². The Morgan fingerprint density at radius 2 is 2.04 bits per heavy atom. The van der Waals surface area contributed by atoms with Crippen LogP contribution in [0.1, 0.15) is 38.7 Å². The summed E-state index contributed by atoms with van der Waals surface area (Å²) >= 11 is 0. The van der Waals surface area contributed by atoms with E-state index in [2.05, 4.69) is 36.0 Å². The molecule has 126 valence electrons. The molecule has 0 unspecified atom stereocenters. The second-order valence-corrected chi connectivity index (χ2v) is 6.55. The van der Waals surface area contributed by atoms with Crippen LogP contribution >= 0.6 is 0 Å². The van der Waals surface area contributed by atoms with Crippen molar-refractivity contribution in [2.45, 2.75) is 52.6 Å². The zero-order valence-corrected chi connectivity index (χ0v) is 14.1. The molecule has 0 bridgehead atoms. The van der Waals surface area contributed by atoms with Gasteiger partial charge in [-0.1, -0.05) is 0 Å². The van der Waals surface area contributed by atoms with E-state index in [1.165, 1.54) is 0 Å². The molecule has 0 spiro atoms. The highest BCUT2D eigenvalue weighted by Gasteiger charge is 2.24. The van der Waals surface area contributed by atoms with Crippen molar-refractivity contribution in [3.8, 4) is 11.5 Å². The van der Waals surface area contributed by atoms with E-state index in [0.717, 1.165) is 11.4 Å². The normalized spacial score (nSPS) is 11.9. The Hall–Kier alpha value is -2.22. The Labute approximate surface area is 135 Å².